The fraction of sp³-hybridized carbons (Fsp3) is 0.778. The highest BCUT2D eigenvalue weighted by Gasteiger charge is 2.28. The Morgan fingerprint density at radius 2 is 1.88 bits per heavy atom. The van der Waals surface area contributed by atoms with E-state index in [9.17, 15) is 18.0 Å². The van der Waals surface area contributed by atoms with Gasteiger partial charge in [0.25, 0.3) is 0 Å². The van der Waals surface area contributed by atoms with Gasteiger partial charge in [0.05, 0.1) is 11.5 Å². The van der Waals surface area contributed by atoms with Crippen LogP contribution in [0.15, 0.2) is 0 Å². The molecule has 1 heterocycles. The van der Waals surface area contributed by atoms with Gasteiger partial charge in [0.15, 0.2) is 9.84 Å². The molecule has 0 spiro atoms. The summed E-state index contributed by atoms with van der Waals surface area (Å²) in [6.07, 6.45) is 0.460. The first-order valence-electron chi connectivity index (χ1n) is 5.38. The average Bonchev–Trinajstić information content (AvgIpc) is 2.52. The minimum absolute atomic E-state index is 0.00607. The molecule has 7 nitrogen and oxygen atoms in total. The van der Waals surface area contributed by atoms with E-state index in [0.717, 1.165) is 0 Å². The molecule has 0 bridgehead atoms. The highest BCUT2D eigenvalue weighted by Crippen LogP contribution is 2.10. The normalized spacial score (nSPS) is 21.8. The number of urea groups is 1. The Morgan fingerprint density at radius 3 is 2.41 bits per heavy atom. The maximum atomic E-state index is 11.3. The van der Waals surface area contributed by atoms with Gasteiger partial charge in [-0.25, -0.2) is 13.2 Å². The van der Waals surface area contributed by atoms with Crippen molar-refractivity contribution in [3.63, 3.8) is 0 Å². The van der Waals surface area contributed by atoms with E-state index in [1.165, 1.54) is 6.92 Å². The second kappa shape index (κ2) is 5.85. The van der Waals surface area contributed by atoms with Gasteiger partial charge in [-0.15, -0.1) is 0 Å². The third-order valence-electron chi connectivity index (χ3n) is 2.35. The van der Waals surface area contributed by atoms with Gasteiger partial charge in [0, 0.05) is 26.1 Å². The number of rotatable bonds is 4. The zero-order valence-electron chi connectivity index (χ0n) is 9.65. The summed E-state index contributed by atoms with van der Waals surface area (Å²) in [5.41, 5.74) is 0. The Bertz CT molecular complexity index is 393. The van der Waals surface area contributed by atoms with Gasteiger partial charge in [0.2, 0.25) is 5.91 Å². The standard InChI is InChI=1S/C9H17N3O4S/c1-7(13)10-3-4-11-9(14)12-8-2-5-17(15,16)6-8/h8H,2-6H2,1H3,(H,10,13)(H2,11,12,14). The maximum absolute atomic E-state index is 11.3. The number of carbonyl (C=O) groups is 2. The third-order valence-corrected chi connectivity index (χ3v) is 4.12. The predicted octanol–water partition coefficient (Wildman–Crippen LogP) is -1.39. The van der Waals surface area contributed by atoms with Gasteiger partial charge in [0.1, 0.15) is 0 Å². The number of nitrogens with one attached hydrogen (secondary N) is 3. The zero-order valence-corrected chi connectivity index (χ0v) is 10.5. The summed E-state index contributed by atoms with van der Waals surface area (Å²) < 4.78 is 22.3. The van der Waals surface area contributed by atoms with Crippen molar-refractivity contribution in [3.05, 3.63) is 0 Å². The van der Waals surface area contributed by atoms with Crippen LogP contribution in [0.25, 0.3) is 0 Å². The van der Waals surface area contributed by atoms with E-state index < -0.39 is 15.9 Å². The molecule has 1 aliphatic heterocycles. The largest absolute Gasteiger partial charge is 0.355 e. The zero-order chi connectivity index (χ0) is 12.9. The summed E-state index contributed by atoms with van der Waals surface area (Å²) in [6, 6.07) is -0.710. The molecule has 1 aliphatic rings. The molecule has 0 aliphatic carbocycles. The first-order valence-corrected chi connectivity index (χ1v) is 7.20. The molecule has 98 valence electrons. The molecule has 8 heteroatoms. The van der Waals surface area contributed by atoms with E-state index in [1.54, 1.807) is 0 Å². The highest BCUT2D eigenvalue weighted by molar-refractivity contribution is 7.91. The Morgan fingerprint density at radius 1 is 1.24 bits per heavy atom. The molecule has 3 amide bonds. The lowest BCUT2D eigenvalue weighted by Crippen LogP contribution is -2.44. The van der Waals surface area contributed by atoms with E-state index in [2.05, 4.69) is 16.0 Å². The summed E-state index contributed by atoms with van der Waals surface area (Å²) in [6.45, 7) is 2.06. The molecule has 0 radical (unpaired) electrons. The summed E-state index contributed by atoms with van der Waals surface area (Å²) in [5, 5.41) is 7.64. The number of sulfone groups is 1. The van der Waals surface area contributed by atoms with E-state index in [0.29, 0.717) is 19.5 Å². The number of hydrogen-bond donors (Lipinski definition) is 3. The van der Waals surface area contributed by atoms with Crippen molar-refractivity contribution < 1.29 is 18.0 Å². The van der Waals surface area contributed by atoms with Crippen LogP contribution >= 0.6 is 0 Å². The molecule has 0 aromatic heterocycles. The lowest BCUT2D eigenvalue weighted by Gasteiger charge is -2.11. The minimum atomic E-state index is -2.98. The first-order chi connectivity index (χ1) is 7.89. The molecule has 1 saturated heterocycles. The lowest BCUT2D eigenvalue weighted by molar-refractivity contribution is -0.118. The van der Waals surface area contributed by atoms with Crippen LogP contribution in [0.5, 0.6) is 0 Å². The summed E-state index contributed by atoms with van der Waals surface area (Å²) in [5.74, 6) is -0.0234. The van der Waals surface area contributed by atoms with Crippen LogP contribution in [-0.2, 0) is 14.6 Å². The molecule has 0 saturated carbocycles. The quantitative estimate of drug-likeness (QED) is 0.543. The fourth-order valence-electron chi connectivity index (χ4n) is 1.56. The number of hydrogen-bond acceptors (Lipinski definition) is 4. The SMILES string of the molecule is CC(=O)NCCNC(=O)NC1CCS(=O)(=O)C1. The van der Waals surface area contributed by atoms with Crippen molar-refractivity contribution in [3.8, 4) is 0 Å². The minimum Gasteiger partial charge on any atom is -0.355 e. The van der Waals surface area contributed by atoms with Crippen LogP contribution in [0.1, 0.15) is 13.3 Å². The first kappa shape index (κ1) is 13.8. The molecule has 0 aromatic carbocycles. The molecule has 17 heavy (non-hydrogen) atoms. The van der Waals surface area contributed by atoms with Crippen molar-refractivity contribution >= 4 is 21.8 Å². The summed E-state index contributed by atoms with van der Waals surface area (Å²) >= 11 is 0. The lowest BCUT2D eigenvalue weighted by atomic mass is 10.3. The van der Waals surface area contributed by atoms with E-state index >= 15 is 0 Å². The highest BCUT2D eigenvalue weighted by atomic mass is 32.2. The van der Waals surface area contributed by atoms with Gasteiger partial charge in [-0.3, -0.25) is 4.79 Å². The van der Waals surface area contributed by atoms with E-state index in [4.69, 9.17) is 0 Å². The average molecular weight is 263 g/mol. The monoisotopic (exact) mass is 263 g/mol. The Balaban J connectivity index is 2.16. The van der Waals surface area contributed by atoms with Crippen LogP contribution in [0.2, 0.25) is 0 Å². The van der Waals surface area contributed by atoms with Crippen LogP contribution in [-0.4, -0.2) is 51.0 Å². The molecule has 1 atom stereocenters. The van der Waals surface area contributed by atoms with Gasteiger partial charge in [-0.1, -0.05) is 0 Å². The maximum Gasteiger partial charge on any atom is 0.315 e. The third kappa shape index (κ3) is 5.53. The summed E-state index contributed by atoms with van der Waals surface area (Å²) in [4.78, 5) is 21.9. The van der Waals surface area contributed by atoms with Gasteiger partial charge >= 0.3 is 6.03 Å². The van der Waals surface area contributed by atoms with Crippen molar-refractivity contribution in [1.82, 2.24) is 16.0 Å². The molecule has 1 unspecified atom stereocenters. The molecule has 0 aromatic rings. The van der Waals surface area contributed by atoms with Crippen molar-refractivity contribution in [2.75, 3.05) is 24.6 Å². The molecular formula is C9H17N3O4S. The van der Waals surface area contributed by atoms with Crippen LogP contribution in [0, 0.1) is 0 Å². The predicted molar refractivity (Wildman–Crippen MR) is 62.3 cm³/mol. The van der Waals surface area contributed by atoms with E-state index in [1.807, 2.05) is 0 Å². The molecule has 1 rings (SSSR count). The number of amides is 3. The van der Waals surface area contributed by atoms with E-state index in [-0.39, 0.29) is 23.5 Å². The fourth-order valence-corrected chi connectivity index (χ4v) is 3.23. The van der Waals surface area contributed by atoms with Crippen LogP contribution in [0.3, 0.4) is 0 Å². The second-order valence-corrected chi connectivity index (χ2v) is 6.21. The van der Waals surface area contributed by atoms with Gasteiger partial charge in [-0.05, 0) is 6.42 Å². The number of carbonyl (C=O) groups excluding carboxylic acids is 2. The van der Waals surface area contributed by atoms with Crippen molar-refractivity contribution in [2.24, 2.45) is 0 Å². The summed E-state index contributed by atoms with van der Waals surface area (Å²) in [7, 11) is -2.98. The smallest absolute Gasteiger partial charge is 0.315 e. The van der Waals surface area contributed by atoms with Gasteiger partial charge in [-0.2, -0.15) is 0 Å². The van der Waals surface area contributed by atoms with Crippen molar-refractivity contribution in [2.45, 2.75) is 19.4 Å². The van der Waals surface area contributed by atoms with Crippen molar-refractivity contribution in [1.29, 1.82) is 0 Å². The molecular weight excluding hydrogens is 246 g/mol. The van der Waals surface area contributed by atoms with Gasteiger partial charge < -0.3 is 16.0 Å². The topological polar surface area (TPSA) is 104 Å². The van der Waals surface area contributed by atoms with Crippen LogP contribution < -0.4 is 16.0 Å². The Kier molecular flexibility index (Phi) is 4.73. The molecule has 1 fully saturated rings. The second-order valence-electron chi connectivity index (χ2n) is 3.98. The Labute approximate surface area is 100 Å². The van der Waals surface area contributed by atoms with Crippen LogP contribution in [0.4, 0.5) is 4.79 Å². The Hall–Kier alpha value is -1.31. The molecule has 3 N–H and O–H groups in total.